The van der Waals surface area contributed by atoms with Crippen LogP contribution in [0.4, 0.5) is 0 Å². The van der Waals surface area contributed by atoms with Crippen LogP contribution in [0.25, 0.3) is 0 Å². The van der Waals surface area contributed by atoms with Gasteiger partial charge in [0.15, 0.2) is 0 Å². The molecule has 2 saturated heterocycles. The Bertz CT molecular complexity index is 517. The van der Waals surface area contributed by atoms with Gasteiger partial charge in [0.05, 0.1) is 0 Å². The second kappa shape index (κ2) is 8.67. The average molecular weight is 338 g/mol. The Morgan fingerprint density at radius 3 is 2.74 bits per heavy atom. The molecular weight excluding hydrogens is 310 g/mol. The zero-order valence-corrected chi connectivity index (χ0v) is 14.8. The average Bonchev–Trinajstić information content (AvgIpc) is 2.57. The van der Waals surface area contributed by atoms with E-state index < -0.39 is 0 Å². The van der Waals surface area contributed by atoms with Gasteiger partial charge in [0.2, 0.25) is 0 Å². The van der Waals surface area contributed by atoms with Crippen LogP contribution in [0.1, 0.15) is 42.1 Å². The summed E-state index contributed by atoms with van der Waals surface area (Å²) in [5, 5.41) is 3.42. The Labute approximate surface area is 145 Å². The molecule has 23 heavy (non-hydrogen) atoms. The lowest BCUT2D eigenvalue weighted by atomic mass is 10.1. The molecule has 1 atom stereocenters. The number of nitrogens with zero attached hydrogens (tertiary/aromatic N) is 2. The van der Waals surface area contributed by atoms with Crippen molar-refractivity contribution in [2.75, 3.05) is 32.7 Å². The molecule has 0 aromatic heterocycles. The largest absolute Gasteiger partial charge is 0.339 e. The van der Waals surface area contributed by atoms with Gasteiger partial charge in [-0.1, -0.05) is 12.1 Å². The van der Waals surface area contributed by atoms with Crippen molar-refractivity contribution in [2.45, 2.75) is 38.8 Å². The Kier molecular flexibility index (Phi) is 6.88. The lowest BCUT2D eigenvalue weighted by Crippen LogP contribution is -2.49. The number of amides is 1. The molecule has 1 aromatic rings. The van der Waals surface area contributed by atoms with Gasteiger partial charge in [-0.2, -0.15) is 0 Å². The fraction of sp³-hybridized carbons (Fsp3) is 0.611. The Hall–Kier alpha value is -1.10. The zero-order valence-electron chi connectivity index (χ0n) is 14.0. The zero-order chi connectivity index (χ0) is 15.4. The number of rotatable bonds is 3. The predicted octanol–water partition coefficient (Wildman–Crippen LogP) is 2.53. The number of carbonyl (C=O) groups is 1. The minimum Gasteiger partial charge on any atom is -0.339 e. The first-order valence-corrected chi connectivity index (χ1v) is 8.57. The molecule has 1 amide bonds. The van der Waals surface area contributed by atoms with E-state index in [-0.39, 0.29) is 18.3 Å². The van der Waals surface area contributed by atoms with E-state index in [2.05, 4.69) is 29.3 Å². The number of halogens is 1. The fourth-order valence-electron chi connectivity index (χ4n) is 3.43. The molecular formula is C18H28ClN3O. The van der Waals surface area contributed by atoms with Crippen molar-refractivity contribution in [3.63, 3.8) is 0 Å². The highest BCUT2D eigenvalue weighted by Crippen LogP contribution is 2.16. The highest BCUT2D eigenvalue weighted by atomic mass is 35.5. The topological polar surface area (TPSA) is 35.6 Å². The molecule has 2 fully saturated rings. The number of likely N-dealkylation sites (tertiary alicyclic amines) is 1. The van der Waals surface area contributed by atoms with E-state index in [1.54, 1.807) is 0 Å². The molecule has 128 valence electrons. The van der Waals surface area contributed by atoms with Gasteiger partial charge in [0, 0.05) is 50.9 Å². The van der Waals surface area contributed by atoms with Crippen molar-refractivity contribution < 1.29 is 4.79 Å². The third-order valence-corrected chi connectivity index (χ3v) is 4.84. The van der Waals surface area contributed by atoms with E-state index in [1.807, 2.05) is 17.0 Å². The summed E-state index contributed by atoms with van der Waals surface area (Å²) in [6, 6.07) is 8.77. The maximum absolute atomic E-state index is 12.6. The minimum atomic E-state index is 0. The summed E-state index contributed by atoms with van der Waals surface area (Å²) in [5.41, 5.74) is 2.10. The minimum absolute atomic E-state index is 0. The van der Waals surface area contributed by atoms with E-state index in [9.17, 15) is 4.79 Å². The van der Waals surface area contributed by atoms with Crippen molar-refractivity contribution in [1.29, 1.82) is 0 Å². The van der Waals surface area contributed by atoms with E-state index in [1.165, 1.54) is 12.0 Å². The Balaban J connectivity index is 0.00000192. The van der Waals surface area contributed by atoms with Crippen LogP contribution >= 0.6 is 12.4 Å². The number of carbonyl (C=O) groups excluding carboxylic acids is 1. The fourth-order valence-corrected chi connectivity index (χ4v) is 3.43. The number of hydrogen-bond donors (Lipinski definition) is 1. The Morgan fingerprint density at radius 2 is 2.00 bits per heavy atom. The standard InChI is InChI=1S/C18H27N3O.ClH/c1-15-13-19-8-11-21(15)14-16-6-5-7-17(12-16)18(22)20-9-3-2-4-10-20;/h5-7,12,15,19H,2-4,8-11,13-14H2,1H3;1H/t15-;/m0./s1. The molecule has 0 saturated carbocycles. The SMILES string of the molecule is C[C@H]1CNCCN1Cc1cccc(C(=O)N2CCCCC2)c1.Cl. The van der Waals surface area contributed by atoms with Crippen molar-refractivity contribution in [3.8, 4) is 0 Å². The normalized spacial score (nSPS) is 22.5. The molecule has 0 bridgehead atoms. The molecule has 0 aliphatic carbocycles. The van der Waals surface area contributed by atoms with Crippen molar-refractivity contribution >= 4 is 18.3 Å². The summed E-state index contributed by atoms with van der Waals surface area (Å²) in [6.45, 7) is 8.20. The molecule has 3 rings (SSSR count). The summed E-state index contributed by atoms with van der Waals surface area (Å²) in [6.07, 6.45) is 3.54. The molecule has 2 aliphatic rings. The lowest BCUT2D eigenvalue weighted by Gasteiger charge is -2.34. The third kappa shape index (κ3) is 4.69. The maximum Gasteiger partial charge on any atom is 0.253 e. The quantitative estimate of drug-likeness (QED) is 0.920. The van der Waals surface area contributed by atoms with E-state index in [0.717, 1.165) is 57.7 Å². The van der Waals surface area contributed by atoms with Crippen molar-refractivity contribution in [3.05, 3.63) is 35.4 Å². The highest BCUT2D eigenvalue weighted by molar-refractivity contribution is 5.94. The van der Waals surface area contributed by atoms with Crippen LogP contribution in [0.15, 0.2) is 24.3 Å². The van der Waals surface area contributed by atoms with E-state index >= 15 is 0 Å². The second-order valence-corrected chi connectivity index (χ2v) is 6.58. The summed E-state index contributed by atoms with van der Waals surface area (Å²) < 4.78 is 0. The van der Waals surface area contributed by atoms with Crippen molar-refractivity contribution in [1.82, 2.24) is 15.1 Å². The smallest absolute Gasteiger partial charge is 0.253 e. The highest BCUT2D eigenvalue weighted by Gasteiger charge is 2.20. The summed E-state index contributed by atoms with van der Waals surface area (Å²) in [5.74, 6) is 0.204. The van der Waals surface area contributed by atoms with Gasteiger partial charge >= 0.3 is 0 Å². The number of hydrogen-bond acceptors (Lipinski definition) is 3. The number of benzene rings is 1. The first-order valence-electron chi connectivity index (χ1n) is 8.57. The number of piperazine rings is 1. The molecule has 0 radical (unpaired) electrons. The van der Waals surface area contributed by atoms with Gasteiger partial charge in [0.25, 0.3) is 5.91 Å². The van der Waals surface area contributed by atoms with Gasteiger partial charge < -0.3 is 10.2 Å². The molecule has 0 unspecified atom stereocenters. The van der Waals surface area contributed by atoms with Crippen LogP contribution in [0, 0.1) is 0 Å². The van der Waals surface area contributed by atoms with Gasteiger partial charge in [-0.15, -0.1) is 12.4 Å². The molecule has 0 spiro atoms. The first-order chi connectivity index (χ1) is 10.7. The molecule has 1 N–H and O–H groups in total. The van der Waals surface area contributed by atoms with Crippen LogP contribution in [0.5, 0.6) is 0 Å². The van der Waals surface area contributed by atoms with Crippen LogP contribution < -0.4 is 5.32 Å². The maximum atomic E-state index is 12.6. The lowest BCUT2D eigenvalue weighted by molar-refractivity contribution is 0.0724. The number of nitrogens with one attached hydrogen (secondary N) is 1. The van der Waals surface area contributed by atoms with Gasteiger partial charge in [-0.25, -0.2) is 0 Å². The summed E-state index contributed by atoms with van der Waals surface area (Å²) in [7, 11) is 0. The predicted molar refractivity (Wildman–Crippen MR) is 96.2 cm³/mol. The summed E-state index contributed by atoms with van der Waals surface area (Å²) >= 11 is 0. The third-order valence-electron chi connectivity index (χ3n) is 4.84. The van der Waals surface area contributed by atoms with E-state index in [4.69, 9.17) is 0 Å². The van der Waals surface area contributed by atoms with Crippen LogP contribution in [-0.2, 0) is 6.54 Å². The van der Waals surface area contributed by atoms with Crippen LogP contribution in [-0.4, -0.2) is 54.5 Å². The molecule has 4 nitrogen and oxygen atoms in total. The van der Waals surface area contributed by atoms with Crippen LogP contribution in [0.2, 0.25) is 0 Å². The first kappa shape index (κ1) is 18.2. The monoisotopic (exact) mass is 337 g/mol. The molecule has 5 heteroatoms. The summed E-state index contributed by atoms with van der Waals surface area (Å²) in [4.78, 5) is 17.1. The molecule has 2 aliphatic heterocycles. The van der Waals surface area contributed by atoms with Crippen LogP contribution in [0.3, 0.4) is 0 Å². The van der Waals surface area contributed by atoms with Gasteiger partial charge in [0.1, 0.15) is 0 Å². The van der Waals surface area contributed by atoms with Crippen molar-refractivity contribution in [2.24, 2.45) is 0 Å². The number of piperidine rings is 1. The molecule has 2 heterocycles. The van der Waals surface area contributed by atoms with Gasteiger partial charge in [-0.3, -0.25) is 9.69 Å². The Morgan fingerprint density at radius 1 is 1.22 bits per heavy atom. The molecule has 1 aromatic carbocycles. The van der Waals surface area contributed by atoms with Gasteiger partial charge in [-0.05, 0) is 43.9 Å². The van der Waals surface area contributed by atoms with E-state index in [0.29, 0.717) is 6.04 Å². The second-order valence-electron chi connectivity index (χ2n) is 6.58.